The number of carbonyl (C=O) groups is 2. The quantitative estimate of drug-likeness (QED) is 0.369. The molecule has 0 unspecified atom stereocenters. The van der Waals surface area contributed by atoms with E-state index in [1.54, 1.807) is 41.3 Å². The maximum atomic E-state index is 13.6. The highest BCUT2D eigenvalue weighted by Crippen LogP contribution is 2.30. The number of benzene rings is 3. The predicted molar refractivity (Wildman–Crippen MR) is 143 cm³/mol. The molecule has 7 nitrogen and oxygen atoms in total. The van der Waals surface area contributed by atoms with Gasteiger partial charge < -0.3 is 25.4 Å². The second kappa shape index (κ2) is 12.1. The lowest BCUT2D eigenvalue weighted by molar-refractivity contribution is 0.0673. The van der Waals surface area contributed by atoms with Crippen molar-refractivity contribution in [3.8, 4) is 11.5 Å². The van der Waals surface area contributed by atoms with E-state index in [0.717, 1.165) is 6.07 Å². The van der Waals surface area contributed by atoms with Crippen molar-refractivity contribution in [2.24, 2.45) is 11.1 Å². The van der Waals surface area contributed by atoms with Crippen LogP contribution >= 0.6 is 11.6 Å². The third-order valence-corrected chi connectivity index (χ3v) is 6.21. The van der Waals surface area contributed by atoms with Gasteiger partial charge in [-0.2, -0.15) is 0 Å². The first-order valence-corrected chi connectivity index (χ1v) is 12.0. The summed E-state index contributed by atoms with van der Waals surface area (Å²) in [5, 5.41) is 3.19. The lowest BCUT2D eigenvalue weighted by Gasteiger charge is -2.32. The average molecular weight is 528 g/mol. The zero-order chi connectivity index (χ0) is 27.2. The molecule has 3 aromatic carbocycles. The Labute approximate surface area is 221 Å². The number of anilines is 1. The Balaban J connectivity index is 1.91. The van der Waals surface area contributed by atoms with Gasteiger partial charge in [0.25, 0.3) is 11.8 Å². The highest BCUT2D eigenvalue weighted by molar-refractivity contribution is 6.31. The van der Waals surface area contributed by atoms with E-state index in [9.17, 15) is 14.0 Å². The van der Waals surface area contributed by atoms with E-state index in [4.69, 9.17) is 26.8 Å². The monoisotopic (exact) mass is 527 g/mol. The van der Waals surface area contributed by atoms with Gasteiger partial charge in [0, 0.05) is 34.9 Å². The van der Waals surface area contributed by atoms with Gasteiger partial charge in [0.1, 0.15) is 5.82 Å². The van der Waals surface area contributed by atoms with Gasteiger partial charge in [-0.05, 0) is 72.1 Å². The first-order valence-electron chi connectivity index (χ1n) is 11.6. The van der Waals surface area contributed by atoms with Crippen LogP contribution in [0.15, 0.2) is 60.7 Å². The number of halogens is 2. The number of nitrogens with one attached hydrogen (secondary N) is 1. The molecule has 0 aliphatic rings. The number of rotatable bonds is 10. The van der Waals surface area contributed by atoms with Gasteiger partial charge in [-0.25, -0.2) is 4.39 Å². The minimum atomic E-state index is -0.503. The van der Waals surface area contributed by atoms with Crippen molar-refractivity contribution in [2.45, 2.75) is 20.4 Å². The van der Waals surface area contributed by atoms with Gasteiger partial charge >= 0.3 is 0 Å². The largest absolute Gasteiger partial charge is 0.493 e. The molecule has 0 aliphatic carbocycles. The molecule has 0 heterocycles. The second-order valence-electron chi connectivity index (χ2n) is 9.37. The normalized spacial score (nSPS) is 11.1. The molecule has 0 atom stereocenters. The summed E-state index contributed by atoms with van der Waals surface area (Å²) < 4.78 is 24.2. The van der Waals surface area contributed by atoms with E-state index in [1.807, 2.05) is 13.8 Å². The third kappa shape index (κ3) is 7.21. The number of nitrogens with zero attached hydrogens (tertiary/aromatic N) is 1. The van der Waals surface area contributed by atoms with E-state index in [1.165, 1.54) is 32.4 Å². The Morgan fingerprint density at radius 2 is 1.73 bits per heavy atom. The molecule has 3 aromatic rings. The highest BCUT2D eigenvalue weighted by Gasteiger charge is 2.26. The minimum Gasteiger partial charge on any atom is -0.493 e. The Morgan fingerprint density at radius 3 is 2.38 bits per heavy atom. The molecule has 0 aromatic heterocycles. The zero-order valence-corrected chi connectivity index (χ0v) is 22.1. The van der Waals surface area contributed by atoms with E-state index >= 15 is 0 Å². The zero-order valence-electron chi connectivity index (χ0n) is 21.3. The summed E-state index contributed by atoms with van der Waals surface area (Å²) in [5.74, 6) is -0.261. The Hall–Kier alpha value is -3.62. The molecule has 0 saturated heterocycles. The van der Waals surface area contributed by atoms with Crippen molar-refractivity contribution in [2.75, 3.05) is 32.6 Å². The van der Waals surface area contributed by atoms with Crippen LogP contribution in [0.1, 0.15) is 40.1 Å². The molecule has 0 aliphatic heterocycles. The molecule has 0 spiro atoms. The van der Waals surface area contributed by atoms with Crippen molar-refractivity contribution in [1.29, 1.82) is 0 Å². The first kappa shape index (κ1) is 28.0. The minimum absolute atomic E-state index is 0.166. The lowest BCUT2D eigenvalue weighted by atomic mass is 9.92. The highest BCUT2D eigenvalue weighted by atomic mass is 35.5. The molecule has 2 amide bonds. The van der Waals surface area contributed by atoms with Crippen LogP contribution in [0, 0.1) is 11.2 Å². The van der Waals surface area contributed by atoms with Gasteiger partial charge in [0.05, 0.1) is 14.2 Å². The number of hydrogen-bond acceptors (Lipinski definition) is 5. The van der Waals surface area contributed by atoms with Crippen molar-refractivity contribution < 1.29 is 23.5 Å². The Morgan fingerprint density at radius 1 is 1.00 bits per heavy atom. The summed E-state index contributed by atoms with van der Waals surface area (Å²) in [5.41, 5.74) is 7.29. The third-order valence-electron chi connectivity index (χ3n) is 5.84. The SMILES string of the molecule is COc1ccc(C(=O)N(Cc2cc(NC(=O)c3cccc(F)c3)ccc2Cl)CC(C)(C)CN)cc1OC. The fraction of sp³-hybridized carbons (Fsp3) is 0.286. The molecule has 9 heteroatoms. The number of amides is 2. The second-order valence-corrected chi connectivity index (χ2v) is 9.78. The maximum Gasteiger partial charge on any atom is 0.255 e. The van der Waals surface area contributed by atoms with Crippen LogP contribution < -0.4 is 20.5 Å². The van der Waals surface area contributed by atoms with Crippen LogP contribution in [-0.2, 0) is 6.54 Å². The summed E-state index contributed by atoms with van der Waals surface area (Å²) in [6, 6.07) is 15.4. The van der Waals surface area contributed by atoms with E-state index in [2.05, 4.69) is 5.32 Å². The fourth-order valence-electron chi connectivity index (χ4n) is 3.74. The molecular weight excluding hydrogens is 497 g/mol. The fourth-order valence-corrected chi connectivity index (χ4v) is 3.92. The standard InChI is InChI=1S/C28H31ClFN3O4/c1-28(2,16-31)17-33(27(35)19-8-11-24(36-3)25(14-19)37-4)15-20-13-22(9-10-23(20)29)32-26(34)18-6-5-7-21(30)12-18/h5-14H,15-17,31H2,1-4H3,(H,32,34). The van der Waals surface area contributed by atoms with Crippen molar-refractivity contribution in [3.05, 3.63) is 88.2 Å². The van der Waals surface area contributed by atoms with Gasteiger partial charge in [-0.3, -0.25) is 9.59 Å². The molecule has 0 saturated carbocycles. The van der Waals surface area contributed by atoms with Crippen molar-refractivity contribution in [3.63, 3.8) is 0 Å². The van der Waals surface area contributed by atoms with Crippen LogP contribution in [0.2, 0.25) is 5.02 Å². The van der Waals surface area contributed by atoms with Gasteiger partial charge in [0.2, 0.25) is 0 Å². The Bertz CT molecular complexity index is 1280. The lowest BCUT2D eigenvalue weighted by Crippen LogP contribution is -2.41. The van der Waals surface area contributed by atoms with Crippen LogP contribution in [0.3, 0.4) is 0 Å². The summed E-state index contributed by atoms with van der Waals surface area (Å²) in [6.07, 6.45) is 0. The van der Waals surface area contributed by atoms with E-state index in [-0.39, 0.29) is 23.4 Å². The van der Waals surface area contributed by atoms with E-state index in [0.29, 0.717) is 46.4 Å². The summed E-state index contributed by atoms with van der Waals surface area (Å²) in [6.45, 7) is 4.82. The van der Waals surface area contributed by atoms with Gasteiger partial charge in [0.15, 0.2) is 11.5 Å². The predicted octanol–water partition coefficient (Wildman–Crippen LogP) is 5.38. The molecule has 3 rings (SSSR count). The Kier molecular flexibility index (Phi) is 9.13. The summed E-state index contributed by atoms with van der Waals surface area (Å²) in [4.78, 5) is 27.9. The van der Waals surface area contributed by atoms with Crippen LogP contribution in [0.4, 0.5) is 10.1 Å². The number of carbonyl (C=O) groups excluding carboxylic acids is 2. The molecule has 3 N–H and O–H groups in total. The molecule has 196 valence electrons. The average Bonchev–Trinajstić information content (AvgIpc) is 2.89. The topological polar surface area (TPSA) is 93.9 Å². The maximum absolute atomic E-state index is 13.6. The van der Waals surface area contributed by atoms with Crippen LogP contribution in [-0.4, -0.2) is 44.0 Å². The molecular formula is C28H31ClFN3O4. The number of methoxy groups -OCH3 is 2. The number of ether oxygens (including phenoxy) is 2. The van der Waals surface area contributed by atoms with Crippen LogP contribution in [0.25, 0.3) is 0 Å². The van der Waals surface area contributed by atoms with Crippen molar-refractivity contribution >= 4 is 29.1 Å². The molecule has 37 heavy (non-hydrogen) atoms. The molecule has 0 radical (unpaired) electrons. The molecule has 0 bridgehead atoms. The van der Waals surface area contributed by atoms with Gasteiger partial charge in [-0.15, -0.1) is 0 Å². The summed E-state index contributed by atoms with van der Waals surface area (Å²) >= 11 is 6.50. The smallest absolute Gasteiger partial charge is 0.255 e. The van der Waals surface area contributed by atoms with Gasteiger partial charge in [-0.1, -0.05) is 31.5 Å². The first-order chi connectivity index (χ1) is 17.6. The number of hydrogen-bond donors (Lipinski definition) is 2. The van der Waals surface area contributed by atoms with E-state index < -0.39 is 11.7 Å². The van der Waals surface area contributed by atoms with Crippen molar-refractivity contribution in [1.82, 2.24) is 4.90 Å². The molecule has 0 fully saturated rings. The van der Waals surface area contributed by atoms with Crippen LogP contribution in [0.5, 0.6) is 11.5 Å². The number of nitrogens with two attached hydrogens (primary N) is 1. The summed E-state index contributed by atoms with van der Waals surface area (Å²) in [7, 11) is 3.03.